The maximum absolute atomic E-state index is 10.8. The van der Waals surface area contributed by atoms with Gasteiger partial charge in [0.25, 0.3) is 0 Å². The summed E-state index contributed by atoms with van der Waals surface area (Å²) >= 11 is 3.13. The Bertz CT molecular complexity index is 384. The number of sulfonamides is 1. The van der Waals surface area contributed by atoms with Gasteiger partial charge in [0.15, 0.2) is 0 Å². The summed E-state index contributed by atoms with van der Waals surface area (Å²) in [6, 6.07) is 5.66. The monoisotopic (exact) mass is 249 g/mol. The lowest BCUT2D eigenvalue weighted by Gasteiger charge is -1.93. The van der Waals surface area contributed by atoms with E-state index in [0.29, 0.717) is 0 Å². The number of nitroso groups, excluding NO2 is 1. The topological polar surface area (TPSA) is 63.6 Å². The molecule has 0 unspecified atom stereocenters. The van der Waals surface area contributed by atoms with Crippen LogP contribution in [0, 0.1) is 4.91 Å². The van der Waals surface area contributed by atoms with E-state index in [9.17, 15) is 13.3 Å². The van der Waals surface area contributed by atoms with Crippen molar-refractivity contribution in [3.8, 4) is 0 Å². The van der Waals surface area contributed by atoms with Gasteiger partial charge in [0.2, 0.25) is 0 Å². The van der Waals surface area contributed by atoms with Crippen molar-refractivity contribution in [3.05, 3.63) is 33.6 Å². The third-order valence-electron chi connectivity index (χ3n) is 1.21. The molecule has 1 aromatic carbocycles. The molecule has 4 nitrogen and oxygen atoms in total. The second-order valence-electron chi connectivity index (χ2n) is 2.00. The van der Waals surface area contributed by atoms with Gasteiger partial charge in [-0.25, -0.2) is 0 Å². The highest BCUT2D eigenvalue weighted by molar-refractivity contribution is 9.10. The van der Waals surface area contributed by atoms with Crippen molar-refractivity contribution in [2.75, 3.05) is 0 Å². The molecule has 0 bridgehead atoms. The fourth-order valence-electron chi connectivity index (χ4n) is 0.650. The van der Waals surface area contributed by atoms with Crippen LogP contribution in [0.2, 0.25) is 0 Å². The molecule has 0 aliphatic rings. The molecule has 0 saturated heterocycles. The van der Waals surface area contributed by atoms with Gasteiger partial charge in [0.1, 0.15) is 0 Å². The van der Waals surface area contributed by atoms with E-state index < -0.39 is 10.0 Å². The van der Waals surface area contributed by atoms with E-state index in [2.05, 4.69) is 15.9 Å². The predicted octanol–water partition coefficient (Wildman–Crippen LogP) is 1.90. The van der Waals surface area contributed by atoms with Crippen LogP contribution < -0.4 is 0 Å². The number of halogens is 1. The van der Waals surface area contributed by atoms with Crippen LogP contribution in [0.25, 0.3) is 0 Å². The number of benzene rings is 1. The lowest BCUT2D eigenvalue weighted by Crippen LogP contribution is -1.94. The average molecular weight is 250 g/mol. The summed E-state index contributed by atoms with van der Waals surface area (Å²) in [6.07, 6.45) is 0. The number of hydrogen-bond acceptors (Lipinski definition) is 3. The molecule has 0 aliphatic heterocycles. The van der Waals surface area contributed by atoms with Gasteiger partial charge >= 0.3 is 10.0 Å². The number of rotatable bonds is 2. The van der Waals surface area contributed by atoms with Gasteiger partial charge in [0.05, 0.1) is 9.48 Å². The van der Waals surface area contributed by atoms with Crippen molar-refractivity contribution >= 4 is 26.0 Å². The molecule has 6 heteroatoms. The smallest absolute Gasteiger partial charge is 0.196 e. The van der Waals surface area contributed by atoms with Crippen LogP contribution in [0.3, 0.4) is 0 Å². The second-order valence-corrected chi connectivity index (χ2v) is 4.49. The minimum Gasteiger partial charge on any atom is -0.196 e. The summed E-state index contributed by atoms with van der Waals surface area (Å²) in [5.74, 6) is 0. The molecule has 0 aromatic heterocycles. The lowest BCUT2D eigenvalue weighted by atomic mass is 10.4. The van der Waals surface area contributed by atoms with Crippen molar-refractivity contribution in [1.29, 1.82) is 0 Å². The number of hydrogen-bond donors (Lipinski definition) is 0. The van der Waals surface area contributed by atoms with Crippen LogP contribution in [0.4, 0.5) is 0 Å². The molecular weight excluding hydrogens is 246 g/mol. The molecule has 1 aromatic rings. The van der Waals surface area contributed by atoms with Crippen LogP contribution in [0.1, 0.15) is 0 Å². The fraction of sp³-hybridized carbons (Fsp3) is 0. The highest BCUT2D eigenvalue weighted by Crippen LogP contribution is 2.15. The van der Waals surface area contributed by atoms with Gasteiger partial charge in [-0.05, 0) is 24.3 Å². The molecule has 0 spiro atoms. The van der Waals surface area contributed by atoms with Crippen LogP contribution >= 0.6 is 15.9 Å². The van der Waals surface area contributed by atoms with Crippen molar-refractivity contribution in [1.82, 2.24) is 0 Å². The van der Waals surface area contributed by atoms with E-state index in [1.807, 2.05) is 4.58 Å². The quantitative estimate of drug-likeness (QED) is 0.753. The van der Waals surface area contributed by atoms with Gasteiger partial charge < -0.3 is 0 Å². The van der Waals surface area contributed by atoms with Crippen molar-refractivity contribution < 1.29 is 8.42 Å². The van der Waals surface area contributed by atoms with Crippen LogP contribution in [0.15, 0.2) is 38.2 Å². The molecule has 0 amide bonds. The van der Waals surface area contributed by atoms with Crippen LogP contribution in [0.5, 0.6) is 0 Å². The van der Waals surface area contributed by atoms with Gasteiger partial charge in [-0.15, -0.1) is 4.91 Å². The molecule has 0 radical (unpaired) electrons. The Kier molecular flexibility index (Phi) is 2.58. The first-order chi connectivity index (χ1) is 5.56. The molecular formula is C6H4BrNO3S. The van der Waals surface area contributed by atoms with Gasteiger partial charge in [-0.3, -0.25) is 0 Å². The van der Waals surface area contributed by atoms with Gasteiger partial charge in [-0.2, -0.15) is 8.42 Å². The Labute approximate surface area is 77.8 Å². The average Bonchev–Trinajstić information content (AvgIpc) is 2.05. The molecule has 0 saturated carbocycles. The van der Waals surface area contributed by atoms with Crippen molar-refractivity contribution in [2.24, 2.45) is 4.58 Å². The van der Waals surface area contributed by atoms with E-state index in [1.165, 1.54) is 24.3 Å². The largest absolute Gasteiger partial charge is 0.316 e. The third kappa shape index (κ3) is 1.89. The van der Waals surface area contributed by atoms with Crippen molar-refractivity contribution in [2.45, 2.75) is 4.90 Å². The summed E-state index contributed by atoms with van der Waals surface area (Å²) in [5.41, 5.74) is 0. The third-order valence-corrected chi connectivity index (χ3v) is 2.80. The van der Waals surface area contributed by atoms with E-state index in [1.54, 1.807) is 0 Å². The zero-order chi connectivity index (χ0) is 9.19. The Hall–Kier alpha value is -0.750. The highest BCUT2D eigenvalue weighted by atomic mass is 79.9. The summed E-state index contributed by atoms with van der Waals surface area (Å²) in [4.78, 5) is 9.77. The molecule has 0 heterocycles. The molecule has 0 aliphatic carbocycles. The van der Waals surface area contributed by atoms with E-state index >= 15 is 0 Å². The van der Waals surface area contributed by atoms with E-state index in [4.69, 9.17) is 0 Å². The summed E-state index contributed by atoms with van der Waals surface area (Å²) < 4.78 is 24.4. The normalized spacial score (nSPS) is 11.1. The van der Waals surface area contributed by atoms with Gasteiger partial charge in [-0.1, -0.05) is 15.9 Å². The molecule has 64 valence electrons. The Balaban J connectivity index is 3.23. The molecule has 12 heavy (non-hydrogen) atoms. The van der Waals surface area contributed by atoms with E-state index in [0.717, 1.165) is 4.47 Å². The zero-order valence-corrected chi connectivity index (χ0v) is 8.17. The SMILES string of the molecule is O=NS(=O)(=O)c1ccc(Br)cc1. The van der Waals surface area contributed by atoms with Crippen LogP contribution in [-0.2, 0) is 10.0 Å². The predicted molar refractivity (Wildman–Crippen MR) is 47.1 cm³/mol. The molecule has 0 fully saturated rings. The first kappa shape index (κ1) is 9.34. The van der Waals surface area contributed by atoms with Gasteiger partial charge in [0, 0.05) is 4.47 Å². The standard InChI is InChI=1S/C6H4BrNO3S/c7-5-1-3-6(4-2-5)12(10,11)8-9/h1-4H. The maximum atomic E-state index is 10.8. The lowest BCUT2D eigenvalue weighted by molar-refractivity contribution is 0.597. The summed E-state index contributed by atoms with van der Waals surface area (Å²) in [7, 11) is -3.97. The second kappa shape index (κ2) is 3.32. The maximum Gasteiger partial charge on any atom is 0.316 e. The Morgan fingerprint density at radius 3 is 2.08 bits per heavy atom. The summed E-state index contributed by atoms with van der Waals surface area (Å²) in [6.45, 7) is 0. The molecule has 1 rings (SSSR count). The minimum absolute atomic E-state index is 0.0966. The van der Waals surface area contributed by atoms with E-state index in [-0.39, 0.29) is 4.90 Å². The first-order valence-corrected chi connectivity index (χ1v) is 5.15. The Morgan fingerprint density at radius 2 is 1.67 bits per heavy atom. The fourth-order valence-corrected chi connectivity index (χ4v) is 1.48. The molecule has 0 atom stereocenters. The first-order valence-electron chi connectivity index (χ1n) is 2.91. The molecule has 0 N–H and O–H groups in total. The minimum atomic E-state index is -3.97. The Morgan fingerprint density at radius 1 is 1.17 bits per heavy atom. The van der Waals surface area contributed by atoms with Crippen molar-refractivity contribution in [3.63, 3.8) is 0 Å². The zero-order valence-electron chi connectivity index (χ0n) is 5.77. The highest BCUT2D eigenvalue weighted by Gasteiger charge is 2.12. The number of nitrogens with zero attached hydrogens (tertiary/aromatic N) is 1. The van der Waals surface area contributed by atoms with Crippen LogP contribution in [-0.4, -0.2) is 8.42 Å². The summed E-state index contributed by atoms with van der Waals surface area (Å²) in [5, 5.41) is 0.